The molecule has 0 saturated carbocycles. The summed E-state index contributed by atoms with van der Waals surface area (Å²) in [5.74, 6) is 4.50. The van der Waals surface area contributed by atoms with Crippen LogP contribution in [0.3, 0.4) is 0 Å². The molecule has 0 saturated heterocycles. The van der Waals surface area contributed by atoms with Crippen LogP contribution in [-0.4, -0.2) is 11.1 Å². The Morgan fingerprint density at radius 3 is 2.86 bits per heavy atom. The second-order valence-electron chi connectivity index (χ2n) is 2.66. The summed E-state index contributed by atoms with van der Waals surface area (Å²) in [6.45, 7) is 1.33. The maximum absolute atomic E-state index is 13.5. The van der Waals surface area contributed by atoms with Gasteiger partial charge in [0, 0.05) is 0 Å². The van der Waals surface area contributed by atoms with Crippen LogP contribution in [0.5, 0.6) is 0 Å². The highest BCUT2D eigenvalue weighted by Gasteiger charge is 2.09. The van der Waals surface area contributed by atoms with Crippen LogP contribution in [0.25, 0.3) is 0 Å². The molecule has 0 spiro atoms. The van der Waals surface area contributed by atoms with Crippen LogP contribution in [-0.2, 0) is 0 Å². The zero-order valence-corrected chi connectivity index (χ0v) is 9.19. The highest BCUT2D eigenvalue weighted by molar-refractivity contribution is 9.09. The monoisotopic (exact) mass is 254 g/mol. The van der Waals surface area contributed by atoms with Crippen LogP contribution in [0.2, 0.25) is 0 Å². The quantitative estimate of drug-likeness (QED) is 0.428. The lowest BCUT2D eigenvalue weighted by molar-refractivity contribution is 0.101. The molecule has 0 aliphatic carbocycles. The largest absolute Gasteiger partial charge is 0.294 e. The third-order valence-electron chi connectivity index (χ3n) is 1.67. The molecule has 3 heteroatoms. The summed E-state index contributed by atoms with van der Waals surface area (Å²) in [6, 6.07) is 4.63. The Balaban J connectivity index is 3.20. The molecule has 1 rings (SSSR count). The molecule has 1 aromatic rings. The second kappa shape index (κ2) is 4.92. The Bertz CT molecular complexity index is 415. The Morgan fingerprint density at radius 2 is 2.29 bits per heavy atom. The third kappa shape index (κ3) is 2.43. The van der Waals surface area contributed by atoms with E-state index in [-0.39, 0.29) is 16.9 Å². The molecule has 1 nitrogen and oxygen atoms in total. The van der Waals surface area contributed by atoms with Crippen LogP contribution in [0.1, 0.15) is 22.8 Å². The van der Waals surface area contributed by atoms with Gasteiger partial charge in [-0.15, -0.1) is 0 Å². The number of halogens is 2. The van der Waals surface area contributed by atoms with Crippen molar-refractivity contribution in [2.75, 3.05) is 5.33 Å². The van der Waals surface area contributed by atoms with E-state index < -0.39 is 5.82 Å². The van der Waals surface area contributed by atoms with E-state index in [0.29, 0.717) is 5.33 Å². The smallest absolute Gasteiger partial charge is 0.162 e. The molecule has 0 aromatic heterocycles. The minimum atomic E-state index is -0.534. The van der Waals surface area contributed by atoms with Crippen molar-refractivity contribution in [3.8, 4) is 11.8 Å². The van der Waals surface area contributed by atoms with Crippen LogP contribution < -0.4 is 0 Å². The topological polar surface area (TPSA) is 17.1 Å². The number of rotatable bonds is 1. The lowest BCUT2D eigenvalue weighted by atomic mass is 10.1. The number of carbonyl (C=O) groups excluding carboxylic acids is 1. The number of benzene rings is 1. The van der Waals surface area contributed by atoms with Gasteiger partial charge in [0.15, 0.2) is 5.78 Å². The first kappa shape index (κ1) is 10.9. The molecule has 1 aromatic carbocycles. The van der Waals surface area contributed by atoms with Gasteiger partial charge in [0.05, 0.1) is 16.5 Å². The van der Waals surface area contributed by atoms with Crippen LogP contribution >= 0.6 is 15.9 Å². The van der Waals surface area contributed by atoms with Crippen LogP contribution in [0.15, 0.2) is 18.2 Å². The molecule has 0 atom stereocenters. The number of alkyl halides is 1. The molecule has 0 fully saturated rings. The lowest BCUT2D eigenvalue weighted by Gasteiger charge is -1.99. The maximum atomic E-state index is 13.5. The van der Waals surface area contributed by atoms with E-state index in [1.54, 1.807) is 12.1 Å². The molecule has 0 radical (unpaired) electrons. The Kier molecular flexibility index (Phi) is 3.84. The summed E-state index contributed by atoms with van der Waals surface area (Å²) in [7, 11) is 0. The SMILES string of the molecule is CC(=O)c1cccc(C#CCBr)c1F. The Morgan fingerprint density at radius 1 is 1.57 bits per heavy atom. The molecule has 0 N–H and O–H groups in total. The normalized spacial score (nSPS) is 9.07. The molecular formula is C11H8BrFO. The minimum absolute atomic E-state index is 0.0892. The van der Waals surface area contributed by atoms with Crippen molar-refractivity contribution in [2.45, 2.75) is 6.92 Å². The first-order valence-corrected chi connectivity index (χ1v) is 5.13. The predicted octanol–water partition coefficient (Wildman–Crippen LogP) is 2.77. The van der Waals surface area contributed by atoms with E-state index in [9.17, 15) is 9.18 Å². The van der Waals surface area contributed by atoms with Crippen molar-refractivity contribution in [3.05, 3.63) is 35.1 Å². The van der Waals surface area contributed by atoms with Gasteiger partial charge in [0.2, 0.25) is 0 Å². The highest BCUT2D eigenvalue weighted by Crippen LogP contribution is 2.12. The van der Waals surface area contributed by atoms with Gasteiger partial charge < -0.3 is 0 Å². The predicted molar refractivity (Wildman–Crippen MR) is 57.1 cm³/mol. The van der Waals surface area contributed by atoms with Crippen molar-refractivity contribution >= 4 is 21.7 Å². The summed E-state index contributed by atoms with van der Waals surface area (Å²) in [4.78, 5) is 11.0. The van der Waals surface area contributed by atoms with Crippen molar-refractivity contribution in [1.29, 1.82) is 0 Å². The maximum Gasteiger partial charge on any atom is 0.162 e. The van der Waals surface area contributed by atoms with Crippen molar-refractivity contribution in [2.24, 2.45) is 0 Å². The van der Waals surface area contributed by atoms with Gasteiger partial charge in [-0.25, -0.2) is 4.39 Å². The lowest BCUT2D eigenvalue weighted by Crippen LogP contribution is -1.98. The molecule has 0 bridgehead atoms. The second-order valence-corrected chi connectivity index (χ2v) is 3.22. The number of hydrogen-bond donors (Lipinski definition) is 0. The van der Waals surface area contributed by atoms with Gasteiger partial charge in [0.1, 0.15) is 5.82 Å². The molecule has 72 valence electrons. The first-order chi connectivity index (χ1) is 6.66. The van der Waals surface area contributed by atoms with Crippen LogP contribution in [0.4, 0.5) is 4.39 Å². The first-order valence-electron chi connectivity index (χ1n) is 4.01. The standard InChI is InChI=1S/C11H8BrFO/c1-8(14)10-6-2-4-9(11(10)13)5-3-7-12/h2,4,6H,7H2,1H3. The van der Waals surface area contributed by atoms with E-state index in [1.165, 1.54) is 13.0 Å². The molecule has 0 amide bonds. The van der Waals surface area contributed by atoms with E-state index in [2.05, 4.69) is 27.8 Å². The van der Waals surface area contributed by atoms with E-state index >= 15 is 0 Å². The number of hydrogen-bond acceptors (Lipinski definition) is 1. The van der Waals surface area contributed by atoms with Crippen molar-refractivity contribution in [3.63, 3.8) is 0 Å². The summed E-state index contributed by atoms with van der Waals surface area (Å²) < 4.78 is 13.5. The summed E-state index contributed by atoms with van der Waals surface area (Å²) in [5.41, 5.74) is 0.350. The van der Waals surface area contributed by atoms with E-state index in [1.807, 2.05) is 0 Å². The Hall–Kier alpha value is -1.14. The number of carbonyl (C=O) groups is 1. The molecule has 14 heavy (non-hydrogen) atoms. The molecular weight excluding hydrogens is 247 g/mol. The molecule has 0 aliphatic rings. The zero-order valence-electron chi connectivity index (χ0n) is 7.60. The molecule has 0 heterocycles. The Labute approximate surface area is 90.4 Å². The minimum Gasteiger partial charge on any atom is -0.294 e. The number of Topliss-reactive ketones (excluding diaryl/α,β-unsaturated/α-hetero) is 1. The fourth-order valence-electron chi connectivity index (χ4n) is 1.03. The summed E-state index contributed by atoms with van der Waals surface area (Å²) in [5, 5.41) is 0.483. The van der Waals surface area contributed by atoms with Gasteiger partial charge in [-0.05, 0) is 19.1 Å². The van der Waals surface area contributed by atoms with E-state index in [0.717, 1.165) is 0 Å². The van der Waals surface area contributed by atoms with Gasteiger partial charge >= 0.3 is 0 Å². The van der Waals surface area contributed by atoms with Gasteiger partial charge in [-0.3, -0.25) is 4.79 Å². The highest BCUT2D eigenvalue weighted by atomic mass is 79.9. The fourth-order valence-corrected chi connectivity index (χ4v) is 1.17. The molecule has 0 unspecified atom stereocenters. The van der Waals surface area contributed by atoms with Gasteiger partial charge in [-0.2, -0.15) is 0 Å². The van der Waals surface area contributed by atoms with Gasteiger partial charge in [0.25, 0.3) is 0 Å². The average molecular weight is 255 g/mol. The van der Waals surface area contributed by atoms with E-state index in [4.69, 9.17) is 0 Å². The van der Waals surface area contributed by atoms with Gasteiger partial charge in [-0.1, -0.05) is 33.8 Å². The summed E-state index contributed by atoms with van der Waals surface area (Å²) >= 11 is 3.12. The molecule has 0 aliphatic heterocycles. The zero-order chi connectivity index (χ0) is 10.6. The van der Waals surface area contributed by atoms with Crippen molar-refractivity contribution < 1.29 is 9.18 Å². The average Bonchev–Trinajstić information content (AvgIpc) is 2.16. The summed E-state index contributed by atoms with van der Waals surface area (Å²) in [6.07, 6.45) is 0. The van der Waals surface area contributed by atoms with Crippen LogP contribution in [0, 0.1) is 17.7 Å². The van der Waals surface area contributed by atoms with Crippen molar-refractivity contribution in [1.82, 2.24) is 0 Å². The fraction of sp³-hybridized carbons (Fsp3) is 0.182. The third-order valence-corrected chi connectivity index (χ3v) is 1.95. The number of ketones is 1.